The maximum absolute atomic E-state index is 13.2. The van der Waals surface area contributed by atoms with Gasteiger partial charge in [-0.25, -0.2) is 4.39 Å². The number of benzene rings is 1. The number of methoxy groups -OCH3 is 1. The molecule has 5 nitrogen and oxygen atoms in total. The Morgan fingerprint density at radius 2 is 1.95 bits per heavy atom. The van der Waals surface area contributed by atoms with Crippen molar-refractivity contribution >= 4 is 11.6 Å². The Balaban J connectivity index is 1.67. The first-order chi connectivity index (χ1) is 10.0. The first kappa shape index (κ1) is 14.1. The highest BCUT2D eigenvalue weighted by molar-refractivity contribution is 5.89. The van der Waals surface area contributed by atoms with Crippen molar-refractivity contribution in [1.29, 1.82) is 0 Å². The maximum atomic E-state index is 13.2. The fourth-order valence-corrected chi connectivity index (χ4v) is 2.73. The molecule has 0 spiro atoms. The molecule has 0 unspecified atom stereocenters. The van der Waals surface area contributed by atoms with E-state index in [4.69, 9.17) is 10.5 Å². The number of piperazine rings is 1. The molecule has 2 aliphatic rings. The smallest absolute Gasteiger partial charge is 0.242 e. The Bertz CT molecular complexity index is 552. The minimum atomic E-state index is -0.601. The van der Waals surface area contributed by atoms with Gasteiger partial charge < -0.3 is 20.3 Å². The maximum Gasteiger partial charge on any atom is 0.242 e. The molecule has 0 atom stereocenters. The highest BCUT2D eigenvalue weighted by Crippen LogP contribution is 2.35. The fourth-order valence-electron chi connectivity index (χ4n) is 2.73. The van der Waals surface area contributed by atoms with E-state index >= 15 is 0 Å². The number of hydrogen-bond donors (Lipinski definition) is 1. The van der Waals surface area contributed by atoms with Crippen LogP contribution >= 0.6 is 0 Å². The SMILES string of the molecule is COc1cc(F)ccc1N1CCN(C(=O)C2(N)CC2)CC1. The Kier molecular flexibility index (Phi) is 3.49. The Morgan fingerprint density at radius 3 is 2.52 bits per heavy atom. The van der Waals surface area contributed by atoms with Crippen molar-refractivity contribution < 1.29 is 13.9 Å². The van der Waals surface area contributed by atoms with Gasteiger partial charge in [-0.2, -0.15) is 0 Å². The first-order valence-electron chi connectivity index (χ1n) is 7.20. The summed E-state index contributed by atoms with van der Waals surface area (Å²) in [5.74, 6) is 0.267. The fraction of sp³-hybridized carbons (Fsp3) is 0.533. The highest BCUT2D eigenvalue weighted by Gasteiger charge is 2.48. The molecule has 1 saturated carbocycles. The normalized spacial score (nSPS) is 20.3. The molecule has 1 aliphatic heterocycles. The minimum absolute atomic E-state index is 0.0632. The van der Waals surface area contributed by atoms with E-state index in [1.54, 1.807) is 6.07 Å². The van der Waals surface area contributed by atoms with Crippen LogP contribution in [0.5, 0.6) is 5.75 Å². The monoisotopic (exact) mass is 293 g/mol. The number of ether oxygens (including phenoxy) is 1. The summed E-state index contributed by atoms with van der Waals surface area (Å²) >= 11 is 0. The second-order valence-electron chi connectivity index (χ2n) is 5.75. The van der Waals surface area contributed by atoms with Gasteiger partial charge in [0.25, 0.3) is 0 Å². The van der Waals surface area contributed by atoms with E-state index in [1.165, 1.54) is 19.2 Å². The molecule has 1 aromatic rings. The molecule has 1 heterocycles. The summed E-state index contributed by atoms with van der Waals surface area (Å²) in [4.78, 5) is 16.1. The summed E-state index contributed by atoms with van der Waals surface area (Å²) in [7, 11) is 1.53. The molecule has 0 aromatic heterocycles. The van der Waals surface area contributed by atoms with E-state index in [0.717, 1.165) is 18.5 Å². The standard InChI is InChI=1S/C15H20FN3O2/c1-21-13-10-11(16)2-3-12(13)18-6-8-19(9-7-18)14(20)15(17)4-5-15/h2-3,10H,4-9,17H2,1H3. The van der Waals surface area contributed by atoms with Crippen molar-refractivity contribution in [3.63, 3.8) is 0 Å². The summed E-state index contributed by atoms with van der Waals surface area (Å²) in [6.45, 7) is 2.67. The van der Waals surface area contributed by atoms with Crippen molar-refractivity contribution in [3.05, 3.63) is 24.0 Å². The van der Waals surface area contributed by atoms with Crippen molar-refractivity contribution in [1.82, 2.24) is 4.90 Å². The number of halogens is 1. The number of rotatable bonds is 3. The van der Waals surface area contributed by atoms with Crippen LogP contribution in [-0.2, 0) is 4.79 Å². The van der Waals surface area contributed by atoms with Crippen LogP contribution in [0.3, 0.4) is 0 Å². The van der Waals surface area contributed by atoms with Gasteiger partial charge in [0.15, 0.2) is 0 Å². The third kappa shape index (κ3) is 2.68. The molecule has 1 amide bonds. The molecule has 0 radical (unpaired) electrons. The van der Waals surface area contributed by atoms with E-state index < -0.39 is 5.54 Å². The molecule has 1 saturated heterocycles. The molecule has 114 valence electrons. The first-order valence-corrected chi connectivity index (χ1v) is 7.20. The van der Waals surface area contributed by atoms with Gasteiger partial charge in [-0.15, -0.1) is 0 Å². The van der Waals surface area contributed by atoms with Crippen LogP contribution in [0.1, 0.15) is 12.8 Å². The summed E-state index contributed by atoms with van der Waals surface area (Å²) < 4.78 is 18.5. The summed E-state index contributed by atoms with van der Waals surface area (Å²) in [5, 5.41) is 0. The number of carbonyl (C=O) groups is 1. The van der Waals surface area contributed by atoms with Gasteiger partial charge in [0, 0.05) is 32.2 Å². The van der Waals surface area contributed by atoms with Gasteiger partial charge in [-0.3, -0.25) is 4.79 Å². The predicted octanol–water partition coefficient (Wildman–Crippen LogP) is 0.974. The average molecular weight is 293 g/mol. The lowest BCUT2D eigenvalue weighted by Gasteiger charge is -2.37. The molecule has 2 N–H and O–H groups in total. The van der Waals surface area contributed by atoms with E-state index in [9.17, 15) is 9.18 Å². The Morgan fingerprint density at radius 1 is 1.29 bits per heavy atom. The average Bonchev–Trinajstić information content (AvgIpc) is 3.25. The zero-order valence-corrected chi connectivity index (χ0v) is 12.1. The van der Waals surface area contributed by atoms with Crippen molar-refractivity contribution in [2.24, 2.45) is 5.73 Å². The summed E-state index contributed by atoms with van der Waals surface area (Å²) in [6.07, 6.45) is 1.58. The van der Waals surface area contributed by atoms with Crippen LogP contribution in [0.25, 0.3) is 0 Å². The molecule has 3 rings (SSSR count). The molecule has 0 bridgehead atoms. The van der Waals surface area contributed by atoms with Crippen LogP contribution in [-0.4, -0.2) is 49.6 Å². The van der Waals surface area contributed by atoms with E-state index in [2.05, 4.69) is 4.90 Å². The van der Waals surface area contributed by atoms with Crippen LogP contribution in [0.2, 0.25) is 0 Å². The van der Waals surface area contributed by atoms with E-state index in [-0.39, 0.29) is 11.7 Å². The van der Waals surface area contributed by atoms with Gasteiger partial charge in [-0.05, 0) is 25.0 Å². The minimum Gasteiger partial charge on any atom is -0.494 e. The topological polar surface area (TPSA) is 58.8 Å². The molecule has 1 aliphatic carbocycles. The number of nitrogens with zero attached hydrogens (tertiary/aromatic N) is 2. The lowest BCUT2D eigenvalue weighted by atomic mass is 10.2. The van der Waals surface area contributed by atoms with Crippen LogP contribution < -0.4 is 15.4 Å². The summed E-state index contributed by atoms with van der Waals surface area (Å²) in [6, 6.07) is 4.53. The molecule has 21 heavy (non-hydrogen) atoms. The molecule has 1 aromatic carbocycles. The lowest BCUT2D eigenvalue weighted by Crippen LogP contribution is -2.54. The zero-order valence-electron chi connectivity index (χ0n) is 12.1. The van der Waals surface area contributed by atoms with Crippen LogP contribution in [0.4, 0.5) is 10.1 Å². The number of carbonyl (C=O) groups excluding carboxylic acids is 1. The van der Waals surface area contributed by atoms with E-state index in [0.29, 0.717) is 31.9 Å². The second kappa shape index (κ2) is 5.18. The van der Waals surface area contributed by atoms with Crippen molar-refractivity contribution in [2.45, 2.75) is 18.4 Å². The van der Waals surface area contributed by atoms with Gasteiger partial charge >= 0.3 is 0 Å². The van der Waals surface area contributed by atoms with E-state index in [1.807, 2.05) is 4.90 Å². The van der Waals surface area contributed by atoms with Crippen molar-refractivity contribution in [3.8, 4) is 5.75 Å². The van der Waals surface area contributed by atoms with Crippen LogP contribution in [0.15, 0.2) is 18.2 Å². The zero-order chi connectivity index (χ0) is 15.0. The Labute approximate surface area is 123 Å². The van der Waals surface area contributed by atoms with Crippen molar-refractivity contribution in [2.75, 3.05) is 38.2 Å². The van der Waals surface area contributed by atoms with Gasteiger partial charge in [0.05, 0.1) is 18.3 Å². The quantitative estimate of drug-likeness (QED) is 0.902. The van der Waals surface area contributed by atoms with Crippen LogP contribution in [0, 0.1) is 5.82 Å². The predicted molar refractivity (Wildman–Crippen MR) is 77.9 cm³/mol. The number of anilines is 1. The molecule has 6 heteroatoms. The molecular weight excluding hydrogens is 273 g/mol. The molecule has 2 fully saturated rings. The summed E-state index contributed by atoms with van der Waals surface area (Å²) in [5.41, 5.74) is 6.22. The Hall–Kier alpha value is -1.82. The highest BCUT2D eigenvalue weighted by atomic mass is 19.1. The largest absolute Gasteiger partial charge is 0.494 e. The third-order valence-corrected chi connectivity index (χ3v) is 4.26. The number of hydrogen-bond acceptors (Lipinski definition) is 4. The second-order valence-corrected chi connectivity index (χ2v) is 5.75. The van der Waals surface area contributed by atoms with Gasteiger partial charge in [0.2, 0.25) is 5.91 Å². The lowest BCUT2D eigenvalue weighted by molar-refractivity contribution is -0.133. The van der Waals surface area contributed by atoms with Gasteiger partial charge in [-0.1, -0.05) is 0 Å². The number of nitrogens with two attached hydrogens (primary N) is 1. The third-order valence-electron chi connectivity index (χ3n) is 4.26. The number of amides is 1. The molecular formula is C15H20FN3O2. The van der Waals surface area contributed by atoms with Gasteiger partial charge in [0.1, 0.15) is 11.6 Å².